The van der Waals surface area contributed by atoms with Gasteiger partial charge in [0, 0.05) is 38.6 Å². The summed E-state index contributed by atoms with van der Waals surface area (Å²) in [4.78, 5) is 14.2. The van der Waals surface area contributed by atoms with Crippen LogP contribution in [0.2, 0.25) is 0 Å². The quantitative estimate of drug-likeness (QED) is 0.783. The van der Waals surface area contributed by atoms with Crippen molar-refractivity contribution in [3.8, 4) is 0 Å². The molecule has 22 heavy (non-hydrogen) atoms. The second-order valence-corrected chi connectivity index (χ2v) is 5.61. The van der Waals surface area contributed by atoms with Crippen molar-refractivity contribution in [2.45, 2.75) is 25.7 Å². The number of carbonyl (C=O) groups is 1. The first kappa shape index (κ1) is 18.9. The van der Waals surface area contributed by atoms with Crippen molar-refractivity contribution >= 4 is 18.3 Å². The molecule has 1 saturated heterocycles. The molecule has 2 N–H and O–H groups in total. The van der Waals surface area contributed by atoms with Crippen LogP contribution in [0.5, 0.6) is 0 Å². The zero-order valence-electron chi connectivity index (χ0n) is 13.2. The fraction of sp³-hybridized carbons (Fsp3) is 0.588. The highest BCUT2D eigenvalue weighted by molar-refractivity contribution is 5.85. The Morgan fingerprint density at radius 1 is 1.32 bits per heavy atom. The Bertz CT molecular complexity index is 442. The molecule has 0 saturated carbocycles. The van der Waals surface area contributed by atoms with Gasteiger partial charge in [0.05, 0.1) is 0 Å². The molecule has 1 aliphatic rings. The number of rotatable bonds is 7. The number of likely N-dealkylation sites (tertiary alicyclic amines) is 1. The minimum atomic E-state index is 0. The molecule has 0 unspecified atom stereocenters. The van der Waals surface area contributed by atoms with Gasteiger partial charge in [-0.05, 0) is 31.4 Å². The highest BCUT2D eigenvalue weighted by atomic mass is 35.5. The van der Waals surface area contributed by atoms with Crippen LogP contribution < -0.4 is 5.73 Å². The number of hydrogen-bond acceptors (Lipinski definition) is 3. The van der Waals surface area contributed by atoms with Crippen molar-refractivity contribution in [3.05, 3.63) is 35.9 Å². The molecule has 1 amide bonds. The zero-order valence-corrected chi connectivity index (χ0v) is 14.1. The summed E-state index contributed by atoms with van der Waals surface area (Å²) in [6.45, 7) is 5.55. The number of amides is 1. The van der Waals surface area contributed by atoms with Crippen molar-refractivity contribution in [1.82, 2.24) is 4.90 Å². The molecule has 1 aliphatic heterocycles. The first-order valence-electron chi connectivity index (χ1n) is 7.86. The monoisotopic (exact) mass is 326 g/mol. The smallest absolute Gasteiger partial charge is 0.222 e. The number of hydrogen-bond donors (Lipinski definition) is 1. The lowest BCUT2D eigenvalue weighted by Crippen LogP contribution is -2.29. The molecule has 1 fully saturated rings. The first-order valence-corrected chi connectivity index (χ1v) is 7.86. The van der Waals surface area contributed by atoms with Crippen molar-refractivity contribution in [2.75, 3.05) is 32.8 Å². The molecule has 2 rings (SSSR count). The van der Waals surface area contributed by atoms with Crippen molar-refractivity contribution in [2.24, 2.45) is 11.7 Å². The molecule has 2 atom stereocenters. The second kappa shape index (κ2) is 9.82. The average molecular weight is 327 g/mol. The molecule has 124 valence electrons. The van der Waals surface area contributed by atoms with E-state index < -0.39 is 0 Å². The third kappa shape index (κ3) is 4.97. The molecule has 1 aromatic carbocycles. The van der Waals surface area contributed by atoms with Gasteiger partial charge >= 0.3 is 0 Å². The predicted molar refractivity (Wildman–Crippen MR) is 91.3 cm³/mol. The van der Waals surface area contributed by atoms with Crippen molar-refractivity contribution < 1.29 is 9.53 Å². The minimum Gasteiger partial charge on any atom is -0.382 e. The van der Waals surface area contributed by atoms with E-state index in [0.29, 0.717) is 38.0 Å². The molecule has 4 nitrogen and oxygen atoms in total. The van der Waals surface area contributed by atoms with Crippen LogP contribution in [0.3, 0.4) is 0 Å². The molecule has 0 spiro atoms. The maximum Gasteiger partial charge on any atom is 0.222 e. The third-order valence-electron chi connectivity index (χ3n) is 4.21. The van der Waals surface area contributed by atoms with Crippen molar-refractivity contribution in [3.63, 3.8) is 0 Å². The Morgan fingerprint density at radius 3 is 2.68 bits per heavy atom. The van der Waals surface area contributed by atoms with E-state index in [4.69, 9.17) is 10.5 Å². The molecule has 0 bridgehead atoms. The van der Waals surface area contributed by atoms with Crippen LogP contribution in [0.15, 0.2) is 30.3 Å². The number of nitrogens with two attached hydrogens (primary N) is 1. The van der Waals surface area contributed by atoms with Crippen LogP contribution in [-0.4, -0.2) is 43.7 Å². The van der Waals surface area contributed by atoms with Gasteiger partial charge in [0.1, 0.15) is 0 Å². The van der Waals surface area contributed by atoms with Crippen LogP contribution >= 0.6 is 12.4 Å². The Morgan fingerprint density at radius 2 is 2.05 bits per heavy atom. The lowest BCUT2D eigenvalue weighted by atomic mass is 9.89. The molecule has 1 heterocycles. The lowest BCUT2D eigenvalue weighted by molar-refractivity contribution is -0.130. The van der Waals surface area contributed by atoms with Gasteiger partial charge in [-0.25, -0.2) is 0 Å². The van der Waals surface area contributed by atoms with Crippen LogP contribution in [0.4, 0.5) is 0 Å². The minimum absolute atomic E-state index is 0. The molecule has 0 aromatic heterocycles. The summed E-state index contributed by atoms with van der Waals surface area (Å²) in [6, 6.07) is 10.4. The van der Waals surface area contributed by atoms with E-state index in [-0.39, 0.29) is 18.3 Å². The van der Waals surface area contributed by atoms with Gasteiger partial charge in [0.15, 0.2) is 0 Å². The molecule has 0 aliphatic carbocycles. The van der Waals surface area contributed by atoms with E-state index in [9.17, 15) is 4.79 Å². The standard InChI is InChI=1S/C17H26N2O2.ClH/c1-2-21-10-6-9-17(20)19-12-15(11-18)16(13-19)14-7-4-3-5-8-14;/h3-5,7-8,15-16H,2,6,9-13,18H2,1H3;1H/t15-,16+;/m1./s1. The van der Waals surface area contributed by atoms with Gasteiger partial charge in [-0.3, -0.25) is 4.79 Å². The predicted octanol–water partition coefficient (Wildman–Crippen LogP) is 2.43. The van der Waals surface area contributed by atoms with Gasteiger partial charge in [-0.15, -0.1) is 12.4 Å². The Balaban J connectivity index is 0.00000242. The van der Waals surface area contributed by atoms with Crippen molar-refractivity contribution in [1.29, 1.82) is 0 Å². The normalized spacial score (nSPS) is 20.7. The SMILES string of the molecule is CCOCCCC(=O)N1C[C@@H](CN)[C@H](c2ccccc2)C1.Cl. The first-order chi connectivity index (χ1) is 10.3. The van der Waals surface area contributed by atoms with E-state index in [2.05, 4.69) is 24.3 Å². The average Bonchev–Trinajstić information content (AvgIpc) is 2.96. The van der Waals surface area contributed by atoms with Crippen LogP contribution in [0, 0.1) is 5.92 Å². The number of ether oxygens (including phenoxy) is 1. The highest BCUT2D eigenvalue weighted by Crippen LogP contribution is 2.32. The van der Waals surface area contributed by atoms with E-state index >= 15 is 0 Å². The summed E-state index contributed by atoms with van der Waals surface area (Å²) in [5.74, 6) is 0.960. The molecular formula is C17H27ClN2O2. The fourth-order valence-corrected chi connectivity index (χ4v) is 3.02. The molecule has 1 aromatic rings. The summed E-state index contributed by atoms with van der Waals surface area (Å²) in [6.07, 6.45) is 1.37. The largest absolute Gasteiger partial charge is 0.382 e. The maximum atomic E-state index is 12.3. The summed E-state index contributed by atoms with van der Waals surface area (Å²) in [5, 5.41) is 0. The molecular weight excluding hydrogens is 300 g/mol. The van der Waals surface area contributed by atoms with E-state index in [0.717, 1.165) is 19.5 Å². The summed E-state index contributed by atoms with van der Waals surface area (Å²) >= 11 is 0. The summed E-state index contributed by atoms with van der Waals surface area (Å²) < 4.78 is 5.29. The van der Waals surface area contributed by atoms with Gasteiger partial charge in [-0.1, -0.05) is 30.3 Å². The maximum absolute atomic E-state index is 12.3. The van der Waals surface area contributed by atoms with Gasteiger partial charge in [-0.2, -0.15) is 0 Å². The zero-order chi connectivity index (χ0) is 15.1. The summed E-state index contributed by atoms with van der Waals surface area (Å²) in [5.41, 5.74) is 7.20. The number of halogens is 1. The van der Waals surface area contributed by atoms with Crippen LogP contribution in [-0.2, 0) is 9.53 Å². The van der Waals surface area contributed by atoms with Crippen LogP contribution in [0.25, 0.3) is 0 Å². The third-order valence-corrected chi connectivity index (χ3v) is 4.21. The second-order valence-electron chi connectivity index (χ2n) is 5.61. The lowest BCUT2D eigenvalue weighted by Gasteiger charge is -2.17. The topological polar surface area (TPSA) is 55.6 Å². The Labute approximate surface area is 139 Å². The number of nitrogens with zero attached hydrogens (tertiary/aromatic N) is 1. The van der Waals surface area contributed by atoms with E-state index in [1.807, 2.05) is 17.9 Å². The van der Waals surface area contributed by atoms with Crippen LogP contribution in [0.1, 0.15) is 31.2 Å². The summed E-state index contributed by atoms with van der Waals surface area (Å²) in [7, 11) is 0. The highest BCUT2D eigenvalue weighted by Gasteiger charge is 2.34. The van der Waals surface area contributed by atoms with Gasteiger partial charge in [0.2, 0.25) is 5.91 Å². The molecule has 5 heteroatoms. The fourth-order valence-electron chi connectivity index (χ4n) is 3.02. The Hall–Kier alpha value is -1.10. The number of benzene rings is 1. The Kier molecular flexibility index (Phi) is 8.46. The number of carbonyl (C=O) groups excluding carboxylic acids is 1. The van der Waals surface area contributed by atoms with Gasteiger partial charge in [0.25, 0.3) is 0 Å². The van der Waals surface area contributed by atoms with E-state index in [1.54, 1.807) is 0 Å². The van der Waals surface area contributed by atoms with E-state index in [1.165, 1.54) is 5.56 Å². The molecule has 0 radical (unpaired) electrons. The van der Waals surface area contributed by atoms with Gasteiger partial charge < -0.3 is 15.4 Å².